The molecule has 0 aliphatic carbocycles. The minimum Gasteiger partial charge on any atom is -0.485 e. The molecule has 0 aromatic heterocycles. The quantitative estimate of drug-likeness (QED) is 0.260. The van der Waals surface area contributed by atoms with E-state index in [1.165, 1.54) is 13.4 Å². The highest BCUT2D eigenvalue weighted by Gasteiger charge is 1.93. The number of ether oxygens (including phenoxy) is 2. The molecule has 0 rings (SSSR count). The van der Waals surface area contributed by atoms with E-state index in [-0.39, 0.29) is 6.10 Å². The number of carbonyl (C=O) groups excluding carboxylic acids is 1. The molecule has 0 radical (unpaired) electrons. The van der Waals surface area contributed by atoms with Gasteiger partial charge in [0.05, 0.1) is 19.4 Å². The standard InChI is InChI=1S/C8H10O3/c1-4-7(2)11-6-5-8(9)10-3/h1,5-7H,2-3H3/b6-5+/t7-/m0/s1. The predicted octanol–water partition coefficient (Wildman–Crippen LogP) is 0.711. The molecule has 0 aromatic rings. The van der Waals surface area contributed by atoms with Crippen LogP contribution >= 0.6 is 0 Å². The van der Waals surface area contributed by atoms with Gasteiger partial charge in [-0.1, -0.05) is 5.92 Å². The van der Waals surface area contributed by atoms with E-state index in [1.807, 2.05) is 0 Å². The van der Waals surface area contributed by atoms with Crippen molar-refractivity contribution in [2.75, 3.05) is 7.11 Å². The SMILES string of the molecule is C#C[C@H](C)O/C=C/C(=O)OC. The van der Waals surface area contributed by atoms with Gasteiger partial charge in [0.25, 0.3) is 0 Å². The van der Waals surface area contributed by atoms with Crippen molar-refractivity contribution >= 4 is 5.97 Å². The number of terminal acetylenes is 1. The fourth-order valence-electron chi connectivity index (χ4n) is 0.320. The van der Waals surface area contributed by atoms with Crippen LogP contribution in [0.3, 0.4) is 0 Å². The highest BCUT2D eigenvalue weighted by atomic mass is 16.5. The first-order valence-corrected chi connectivity index (χ1v) is 3.06. The van der Waals surface area contributed by atoms with E-state index in [4.69, 9.17) is 11.2 Å². The van der Waals surface area contributed by atoms with Crippen LogP contribution in [-0.4, -0.2) is 19.2 Å². The molecule has 3 heteroatoms. The number of hydrogen-bond donors (Lipinski definition) is 0. The minimum atomic E-state index is -0.464. The molecule has 0 aliphatic rings. The Morgan fingerprint density at radius 1 is 1.73 bits per heavy atom. The lowest BCUT2D eigenvalue weighted by atomic mass is 10.4. The molecule has 0 amide bonds. The van der Waals surface area contributed by atoms with Gasteiger partial charge in [-0.2, -0.15) is 0 Å². The van der Waals surface area contributed by atoms with E-state index in [0.717, 1.165) is 6.08 Å². The molecule has 60 valence electrons. The summed E-state index contributed by atoms with van der Waals surface area (Å²) in [5.41, 5.74) is 0. The van der Waals surface area contributed by atoms with Crippen LogP contribution in [0.5, 0.6) is 0 Å². The van der Waals surface area contributed by atoms with Gasteiger partial charge in [-0.15, -0.1) is 6.42 Å². The van der Waals surface area contributed by atoms with Gasteiger partial charge in [0.2, 0.25) is 0 Å². The number of methoxy groups -OCH3 is 1. The summed E-state index contributed by atoms with van der Waals surface area (Å²) >= 11 is 0. The topological polar surface area (TPSA) is 35.5 Å². The number of esters is 1. The van der Waals surface area contributed by atoms with Crippen LogP contribution in [0.1, 0.15) is 6.92 Å². The number of rotatable bonds is 3. The smallest absolute Gasteiger partial charge is 0.333 e. The van der Waals surface area contributed by atoms with Crippen molar-refractivity contribution in [1.29, 1.82) is 0 Å². The Kier molecular flexibility index (Phi) is 4.67. The van der Waals surface area contributed by atoms with Crippen molar-refractivity contribution < 1.29 is 14.3 Å². The Morgan fingerprint density at radius 3 is 2.82 bits per heavy atom. The van der Waals surface area contributed by atoms with Crippen molar-refractivity contribution in [2.45, 2.75) is 13.0 Å². The van der Waals surface area contributed by atoms with Crippen molar-refractivity contribution in [2.24, 2.45) is 0 Å². The van der Waals surface area contributed by atoms with E-state index in [9.17, 15) is 4.79 Å². The van der Waals surface area contributed by atoms with E-state index in [2.05, 4.69) is 10.7 Å². The van der Waals surface area contributed by atoms with Crippen LogP contribution in [0.4, 0.5) is 0 Å². The predicted molar refractivity (Wildman–Crippen MR) is 40.5 cm³/mol. The van der Waals surface area contributed by atoms with Gasteiger partial charge < -0.3 is 9.47 Å². The molecule has 3 nitrogen and oxygen atoms in total. The molecule has 1 atom stereocenters. The summed E-state index contributed by atoms with van der Waals surface area (Å²) in [4.78, 5) is 10.4. The van der Waals surface area contributed by atoms with Crippen LogP contribution < -0.4 is 0 Å². The van der Waals surface area contributed by atoms with Gasteiger partial charge >= 0.3 is 5.97 Å². The summed E-state index contributed by atoms with van der Waals surface area (Å²) < 4.78 is 9.15. The lowest BCUT2D eigenvalue weighted by molar-refractivity contribution is -0.135. The Hall–Kier alpha value is -1.43. The van der Waals surface area contributed by atoms with Crippen molar-refractivity contribution in [3.05, 3.63) is 12.3 Å². The fourth-order valence-corrected chi connectivity index (χ4v) is 0.320. The average molecular weight is 154 g/mol. The molecule has 0 aliphatic heterocycles. The lowest BCUT2D eigenvalue weighted by Gasteiger charge is -2.00. The van der Waals surface area contributed by atoms with Gasteiger partial charge in [0.15, 0.2) is 6.10 Å². The highest BCUT2D eigenvalue weighted by molar-refractivity contribution is 5.81. The summed E-state index contributed by atoms with van der Waals surface area (Å²) in [6.07, 6.45) is 7.05. The second-order valence-electron chi connectivity index (χ2n) is 1.77. The molecular weight excluding hydrogens is 144 g/mol. The Labute approximate surface area is 66.0 Å². The second-order valence-corrected chi connectivity index (χ2v) is 1.77. The third-order valence-corrected chi connectivity index (χ3v) is 0.923. The summed E-state index contributed by atoms with van der Waals surface area (Å²) in [5.74, 6) is 1.87. The third-order valence-electron chi connectivity index (χ3n) is 0.923. The van der Waals surface area contributed by atoms with Crippen LogP contribution in [0, 0.1) is 12.3 Å². The van der Waals surface area contributed by atoms with Crippen molar-refractivity contribution in [1.82, 2.24) is 0 Å². The van der Waals surface area contributed by atoms with E-state index in [0.29, 0.717) is 0 Å². The zero-order valence-electron chi connectivity index (χ0n) is 6.53. The average Bonchev–Trinajstić information content (AvgIpc) is 2.04. The zero-order chi connectivity index (χ0) is 8.69. The zero-order valence-corrected chi connectivity index (χ0v) is 6.53. The first kappa shape index (κ1) is 9.57. The van der Waals surface area contributed by atoms with Crippen LogP contribution in [0.15, 0.2) is 12.3 Å². The molecular formula is C8H10O3. The van der Waals surface area contributed by atoms with Crippen molar-refractivity contribution in [3.8, 4) is 12.3 Å². The van der Waals surface area contributed by atoms with Crippen LogP contribution in [-0.2, 0) is 14.3 Å². The minimum absolute atomic E-state index is 0.323. The Balaban J connectivity index is 3.62. The number of carbonyl (C=O) groups is 1. The molecule has 0 heterocycles. The van der Waals surface area contributed by atoms with Gasteiger partial charge in [0.1, 0.15) is 0 Å². The third kappa shape index (κ3) is 5.04. The van der Waals surface area contributed by atoms with E-state index < -0.39 is 5.97 Å². The Morgan fingerprint density at radius 2 is 2.36 bits per heavy atom. The van der Waals surface area contributed by atoms with E-state index in [1.54, 1.807) is 6.92 Å². The molecule has 0 N–H and O–H groups in total. The van der Waals surface area contributed by atoms with Gasteiger partial charge in [-0.3, -0.25) is 0 Å². The van der Waals surface area contributed by atoms with Crippen LogP contribution in [0.25, 0.3) is 0 Å². The maximum atomic E-state index is 10.4. The molecule has 0 fully saturated rings. The van der Waals surface area contributed by atoms with Crippen molar-refractivity contribution in [3.63, 3.8) is 0 Å². The first-order valence-electron chi connectivity index (χ1n) is 3.06. The first-order chi connectivity index (χ1) is 5.20. The molecule has 11 heavy (non-hydrogen) atoms. The molecule has 0 spiro atoms. The molecule has 0 saturated heterocycles. The fraction of sp³-hybridized carbons (Fsp3) is 0.375. The maximum absolute atomic E-state index is 10.4. The van der Waals surface area contributed by atoms with Gasteiger partial charge in [0, 0.05) is 0 Å². The van der Waals surface area contributed by atoms with Crippen LogP contribution in [0.2, 0.25) is 0 Å². The summed E-state index contributed by atoms with van der Waals surface area (Å²) in [7, 11) is 1.29. The number of hydrogen-bond acceptors (Lipinski definition) is 3. The van der Waals surface area contributed by atoms with E-state index >= 15 is 0 Å². The monoisotopic (exact) mass is 154 g/mol. The highest BCUT2D eigenvalue weighted by Crippen LogP contribution is 1.88. The summed E-state index contributed by atoms with van der Waals surface area (Å²) in [6, 6.07) is 0. The molecule has 0 unspecified atom stereocenters. The maximum Gasteiger partial charge on any atom is 0.333 e. The molecule has 0 bridgehead atoms. The Bertz CT molecular complexity index is 188. The van der Waals surface area contributed by atoms with Gasteiger partial charge in [-0.05, 0) is 6.92 Å². The van der Waals surface area contributed by atoms with Gasteiger partial charge in [-0.25, -0.2) is 4.79 Å². The molecule has 0 saturated carbocycles. The normalized spacial score (nSPS) is 12.1. The lowest BCUT2D eigenvalue weighted by Crippen LogP contribution is -2.00. The molecule has 0 aromatic carbocycles. The second kappa shape index (κ2) is 5.36. The summed E-state index contributed by atoms with van der Waals surface area (Å²) in [5, 5.41) is 0. The summed E-state index contributed by atoms with van der Waals surface area (Å²) in [6.45, 7) is 1.70. The largest absolute Gasteiger partial charge is 0.485 e.